The van der Waals surface area contributed by atoms with Gasteiger partial charge in [-0.2, -0.15) is 5.10 Å². The number of nitrogens with one attached hydrogen (secondary N) is 1. The second-order valence-corrected chi connectivity index (χ2v) is 8.29. The molecule has 1 atom stereocenters. The van der Waals surface area contributed by atoms with E-state index in [9.17, 15) is 19.7 Å². The van der Waals surface area contributed by atoms with Crippen molar-refractivity contribution in [3.05, 3.63) is 96.9 Å². The molecule has 9 heteroatoms. The highest BCUT2D eigenvalue weighted by atomic mass is 35.5. The van der Waals surface area contributed by atoms with Gasteiger partial charge in [0.15, 0.2) is 5.69 Å². The molecule has 32 heavy (non-hydrogen) atoms. The molecule has 1 unspecified atom stereocenters. The summed E-state index contributed by atoms with van der Waals surface area (Å²) in [5, 5.41) is 19.2. The summed E-state index contributed by atoms with van der Waals surface area (Å²) in [7, 11) is 0. The van der Waals surface area contributed by atoms with Crippen LogP contribution >= 0.6 is 11.6 Å². The molecular weight excluding hydrogens is 432 g/mol. The molecule has 1 heterocycles. The molecule has 1 saturated carbocycles. The number of halogens is 1. The highest BCUT2D eigenvalue weighted by molar-refractivity contribution is 6.30. The van der Waals surface area contributed by atoms with Gasteiger partial charge in [0.2, 0.25) is 5.43 Å². The molecule has 1 aliphatic carbocycles. The number of aryl methyl sites for hydroxylation is 1. The minimum Gasteiger partial charge on any atom is -0.343 e. The van der Waals surface area contributed by atoms with Gasteiger partial charge in [-0.3, -0.25) is 19.7 Å². The normalized spacial score (nSPS) is 14.4. The van der Waals surface area contributed by atoms with Gasteiger partial charge in [-0.1, -0.05) is 42.3 Å². The first-order valence-electron chi connectivity index (χ1n) is 10.3. The number of benzene rings is 2. The van der Waals surface area contributed by atoms with Crippen LogP contribution < -0.4 is 10.7 Å². The zero-order valence-corrected chi connectivity index (χ0v) is 18.1. The molecule has 0 radical (unpaired) electrons. The van der Waals surface area contributed by atoms with Crippen LogP contribution in [0.5, 0.6) is 0 Å². The summed E-state index contributed by atoms with van der Waals surface area (Å²) in [6.45, 7) is 1.61. The third-order valence-electron chi connectivity index (χ3n) is 5.77. The van der Waals surface area contributed by atoms with E-state index >= 15 is 0 Å². The van der Waals surface area contributed by atoms with Crippen molar-refractivity contribution in [2.45, 2.75) is 32.2 Å². The van der Waals surface area contributed by atoms with Crippen molar-refractivity contribution < 1.29 is 9.72 Å². The maximum atomic E-state index is 13.1. The topological polar surface area (TPSA) is 107 Å². The van der Waals surface area contributed by atoms with Crippen molar-refractivity contribution in [3.8, 4) is 5.69 Å². The number of amides is 1. The minimum absolute atomic E-state index is 0.174. The molecular formula is C23H21ClN4O4. The van der Waals surface area contributed by atoms with Gasteiger partial charge >= 0.3 is 0 Å². The monoisotopic (exact) mass is 452 g/mol. The average Bonchev–Trinajstić information content (AvgIpc) is 2.72. The predicted octanol–water partition coefficient (Wildman–Crippen LogP) is 4.37. The fourth-order valence-electron chi connectivity index (χ4n) is 3.87. The second-order valence-electron chi connectivity index (χ2n) is 7.85. The van der Waals surface area contributed by atoms with Gasteiger partial charge in [-0.25, -0.2) is 4.68 Å². The van der Waals surface area contributed by atoms with E-state index in [2.05, 4.69) is 10.4 Å². The summed E-state index contributed by atoms with van der Waals surface area (Å²) < 4.78 is 1.26. The Hall–Kier alpha value is -3.52. The van der Waals surface area contributed by atoms with Gasteiger partial charge in [0.1, 0.15) is 5.69 Å². The summed E-state index contributed by atoms with van der Waals surface area (Å²) in [5.74, 6) is -0.364. The lowest BCUT2D eigenvalue weighted by Gasteiger charge is -2.34. The molecule has 4 rings (SSSR count). The number of carbonyl (C=O) groups excluding carboxylic acids is 1. The lowest BCUT2D eigenvalue weighted by molar-refractivity contribution is -0.384. The smallest absolute Gasteiger partial charge is 0.294 e. The van der Waals surface area contributed by atoms with Crippen molar-refractivity contribution in [1.29, 1.82) is 0 Å². The molecule has 0 saturated heterocycles. The summed E-state index contributed by atoms with van der Waals surface area (Å²) in [6, 6.07) is 14.3. The number of rotatable bonds is 6. The molecule has 0 spiro atoms. The number of nitro benzene ring substituents is 1. The first-order chi connectivity index (χ1) is 15.3. The van der Waals surface area contributed by atoms with Crippen molar-refractivity contribution >= 4 is 23.2 Å². The fourth-order valence-corrected chi connectivity index (χ4v) is 4.00. The fraction of sp³-hybridized carbons (Fsp3) is 0.261. The summed E-state index contributed by atoms with van der Waals surface area (Å²) in [5.41, 5.74) is 0.432. The van der Waals surface area contributed by atoms with Gasteiger partial charge in [-0.15, -0.1) is 0 Å². The summed E-state index contributed by atoms with van der Waals surface area (Å²) in [4.78, 5) is 36.7. The number of aromatic nitrogens is 2. The van der Waals surface area contributed by atoms with Crippen molar-refractivity contribution in [3.63, 3.8) is 0 Å². The van der Waals surface area contributed by atoms with Gasteiger partial charge in [0, 0.05) is 22.8 Å². The van der Waals surface area contributed by atoms with E-state index in [1.165, 1.54) is 22.9 Å². The maximum absolute atomic E-state index is 13.1. The molecule has 1 aromatic heterocycles. The van der Waals surface area contributed by atoms with E-state index in [0.717, 1.165) is 24.8 Å². The van der Waals surface area contributed by atoms with Gasteiger partial charge in [0.25, 0.3) is 11.6 Å². The first kappa shape index (κ1) is 21.7. The number of para-hydroxylation sites is 2. The summed E-state index contributed by atoms with van der Waals surface area (Å²) >= 11 is 6.00. The van der Waals surface area contributed by atoms with Crippen LogP contribution in [0.4, 0.5) is 5.69 Å². The van der Waals surface area contributed by atoms with Crippen LogP contribution in [0.2, 0.25) is 5.02 Å². The molecule has 0 aliphatic heterocycles. The van der Waals surface area contributed by atoms with Crippen LogP contribution in [-0.4, -0.2) is 20.6 Å². The second kappa shape index (κ2) is 8.92. The van der Waals surface area contributed by atoms with Gasteiger partial charge in [0.05, 0.1) is 11.0 Å². The maximum Gasteiger partial charge on any atom is 0.294 e. The zero-order valence-electron chi connectivity index (χ0n) is 17.3. The van der Waals surface area contributed by atoms with E-state index in [0.29, 0.717) is 10.7 Å². The molecule has 2 aromatic carbocycles. The largest absolute Gasteiger partial charge is 0.343 e. The van der Waals surface area contributed by atoms with E-state index in [-0.39, 0.29) is 29.0 Å². The predicted molar refractivity (Wildman–Crippen MR) is 120 cm³/mol. The standard InChI is InChI=1S/C23H21ClN4O4/c1-14-13-20(29)22(26-27(14)18-7-2-3-8-19(18)28(31)32)23(30)25-21(15-5-4-6-15)16-9-11-17(24)12-10-16/h2-3,7-13,15,21H,4-6H2,1H3,(H,25,30). The van der Waals surface area contributed by atoms with E-state index in [1.807, 2.05) is 12.1 Å². The quantitative estimate of drug-likeness (QED) is 0.441. The van der Waals surface area contributed by atoms with Crippen molar-refractivity contribution in [2.24, 2.45) is 5.92 Å². The Morgan fingerprint density at radius 2 is 1.91 bits per heavy atom. The van der Waals surface area contributed by atoms with E-state index in [4.69, 9.17) is 11.6 Å². The first-order valence-corrected chi connectivity index (χ1v) is 10.6. The lowest BCUT2D eigenvalue weighted by atomic mass is 9.77. The third kappa shape index (κ3) is 4.27. The molecule has 1 aliphatic rings. The van der Waals surface area contributed by atoms with Crippen LogP contribution in [0.15, 0.2) is 59.4 Å². The SMILES string of the molecule is Cc1cc(=O)c(C(=O)NC(c2ccc(Cl)cc2)C2CCC2)nn1-c1ccccc1[N+](=O)[O-]. The molecule has 1 fully saturated rings. The highest BCUT2D eigenvalue weighted by Crippen LogP contribution is 2.38. The van der Waals surface area contributed by atoms with Gasteiger partial charge < -0.3 is 5.32 Å². The van der Waals surface area contributed by atoms with Crippen LogP contribution in [0.25, 0.3) is 5.69 Å². The minimum atomic E-state index is -0.616. The van der Waals surface area contributed by atoms with Crippen LogP contribution in [0, 0.1) is 23.0 Å². The number of nitro groups is 1. The molecule has 3 aromatic rings. The Kier molecular flexibility index (Phi) is 6.05. The van der Waals surface area contributed by atoms with Crippen molar-refractivity contribution in [2.75, 3.05) is 0 Å². The number of hydrogen-bond acceptors (Lipinski definition) is 5. The van der Waals surface area contributed by atoms with Crippen LogP contribution in [0.1, 0.15) is 47.1 Å². The molecule has 8 nitrogen and oxygen atoms in total. The molecule has 0 bridgehead atoms. The van der Waals surface area contributed by atoms with E-state index in [1.54, 1.807) is 31.2 Å². The van der Waals surface area contributed by atoms with Gasteiger partial charge in [-0.05, 0) is 49.4 Å². The Morgan fingerprint density at radius 1 is 1.22 bits per heavy atom. The molecule has 1 amide bonds. The zero-order chi connectivity index (χ0) is 22.8. The Bertz CT molecular complexity index is 1240. The Labute approximate surface area is 189 Å². The van der Waals surface area contributed by atoms with Crippen molar-refractivity contribution in [1.82, 2.24) is 15.1 Å². The Balaban J connectivity index is 1.71. The average molecular weight is 453 g/mol. The van der Waals surface area contributed by atoms with Crippen LogP contribution in [0.3, 0.4) is 0 Å². The molecule has 1 N–H and O–H groups in total. The number of nitrogens with zero attached hydrogens (tertiary/aromatic N) is 3. The highest BCUT2D eigenvalue weighted by Gasteiger charge is 2.31. The summed E-state index contributed by atoms with van der Waals surface area (Å²) in [6.07, 6.45) is 3.02. The van der Waals surface area contributed by atoms with Crippen LogP contribution in [-0.2, 0) is 0 Å². The third-order valence-corrected chi connectivity index (χ3v) is 6.02. The number of carbonyl (C=O) groups is 1. The Morgan fingerprint density at radius 3 is 2.53 bits per heavy atom. The molecule has 164 valence electrons. The lowest BCUT2D eigenvalue weighted by Crippen LogP contribution is -2.39. The van der Waals surface area contributed by atoms with E-state index < -0.39 is 16.3 Å². The number of hydrogen-bond donors (Lipinski definition) is 1.